The molecule has 0 bridgehead atoms. The molecule has 3 aromatic rings. The Balaban J connectivity index is 1.73. The minimum Gasteiger partial charge on any atom is -0.311 e. The Morgan fingerprint density at radius 2 is 1.80 bits per heavy atom. The molecule has 1 unspecified atom stereocenters. The number of carbonyl (C=O) groups is 2. The van der Waals surface area contributed by atoms with Gasteiger partial charge in [-0.3, -0.25) is 10.1 Å². The summed E-state index contributed by atoms with van der Waals surface area (Å²) in [5.41, 5.74) is 1.73. The number of rotatable bonds is 3. The standard InChI is InChI=1S/C21H16BrFN4O2S/c1-27-15-9-5-3-7-13(15)18(12-6-2-4-8-14(12)23)25-19(20(27)28)26-21(29)24-17-11-10-16(22)30-17/h2-11,19H,1H3,(H2,24,26,29). The third-order valence-electron chi connectivity index (χ3n) is 4.55. The highest BCUT2D eigenvalue weighted by molar-refractivity contribution is 9.11. The maximum Gasteiger partial charge on any atom is 0.321 e. The van der Waals surface area contributed by atoms with Crippen molar-refractivity contribution in [2.75, 3.05) is 17.3 Å². The van der Waals surface area contributed by atoms with Crippen LogP contribution in [0.5, 0.6) is 0 Å². The number of carbonyl (C=O) groups excluding carboxylic acids is 2. The fourth-order valence-electron chi connectivity index (χ4n) is 3.14. The third kappa shape index (κ3) is 3.99. The van der Waals surface area contributed by atoms with Crippen molar-refractivity contribution in [2.45, 2.75) is 6.17 Å². The maximum absolute atomic E-state index is 14.6. The second-order valence-electron chi connectivity index (χ2n) is 6.48. The van der Waals surface area contributed by atoms with Gasteiger partial charge in [0.2, 0.25) is 6.17 Å². The van der Waals surface area contributed by atoms with Gasteiger partial charge < -0.3 is 10.2 Å². The van der Waals surface area contributed by atoms with Crippen LogP contribution in [0.4, 0.5) is 19.9 Å². The monoisotopic (exact) mass is 486 g/mol. The molecule has 152 valence electrons. The van der Waals surface area contributed by atoms with Crippen molar-refractivity contribution in [1.82, 2.24) is 5.32 Å². The van der Waals surface area contributed by atoms with E-state index in [0.29, 0.717) is 22.0 Å². The molecular formula is C21H16BrFN4O2S. The minimum atomic E-state index is -1.22. The summed E-state index contributed by atoms with van der Waals surface area (Å²) in [6, 6.07) is 16.3. The quantitative estimate of drug-likeness (QED) is 0.567. The second kappa shape index (κ2) is 8.37. The predicted octanol–water partition coefficient (Wildman–Crippen LogP) is 4.61. The fraction of sp³-hybridized carbons (Fsp3) is 0.0952. The van der Waals surface area contributed by atoms with Crippen molar-refractivity contribution >= 4 is 55.6 Å². The summed E-state index contributed by atoms with van der Waals surface area (Å²) in [5, 5.41) is 5.88. The number of thiophene rings is 1. The summed E-state index contributed by atoms with van der Waals surface area (Å²) in [4.78, 5) is 31.4. The molecule has 3 amide bonds. The fourth-order valence-corrected chi connectivity index (χ4v) is 4.42. The van der Waals surface area contributed by atoms with Gasteiger partial charge in [0.1, 0.15) is 5.82 Å². The number of benzene rings is 2. The van der Waals surface area contributed by atoms with E-state index in [0.717, 1.165) is 3.79 Å². The van der Waals surface area contributed by atoms with Crippen LogP contribution < -0.4 is 15.5 Å². The van der Waals surface area contributed by atoms with Gasteiger partial charge in [-0.2, -0.15) is 0 Å². The Hall–Kier alpha value is -3.04. The summed E-state index contributed by atoms with van der Waals surface area (Å²) in [6.07, 6.45) is -1.22. The van der Waals surface area contributed by atoms with Gasteiger partial charge in [0.15, 0.2) is 0 Å². The smallest absolute Gasteiger partial charge is 0.311 e. The van der Waals surface area contributed by atoms with Crippen LogP contribution in [0.25, 0.3) is 0 Å². The van der Waals surface area contributed by atoms with Gasteiger partial charge in [-0.05, 0) is 46.3 Å². The average Bonchev–Trinajstić information content (AvgIpc) is 3.11. The van der Waals surface area contributed by atoms with Crippen LogP contribution in [0.2, 0.25) is 0 Å². The van der Waals surface area contributed by atoms with E-state index in [1.807, 2.05) is 0 Å². The number of hydrogen-bond donors (Lipinski definition) is 2. The van der Waals surface area contributed by atoms with Crippen LogP contribution in [0.1, 0.15) is 11.1 Å². The van der Waals surface area contributed by atoms with Gasteiger partial charge >= 0.3 is 6.03 Å². The third-order valence-corrected chi connectivity index (χ3v) is 6.09. The van der Waals surface area contributed by atoms with Crippen LogP contribution >= 0.6 is 27.3 Å². The SMILES string of the molecule is CN1C(=O)C(NC(=O)Nc2ccc(Br)s2)N=C(c2ccccc2F)c2ccccc21. The number of benzodiazepines with no additional fused rings is 1. The number of nitrogens with zero attached hydrogens (tertiary/aromatic N) is 2. The van der Waals surface area contributed by atoms with Crippen molar-refractivity contribution in [2.24, 2.45) is 4.99 Å². The lowest BCUT2D eigenvalue weighted by Gasteiger charge is -2.20. The van der Waals surface area contributed by atoms with Crippen LogP contribution in [-0.2, 0) is 4.79 Å². The Bertz CT molecular complexity index is 1160. The van der Waals surface area contributed by atoms with E-state index in [1.54, 1.807) is 61.6 Å². The molecule has 0 radical (unpaired) electrons. The number of anilines is 2. The lowest BCUT2D eigenvalue weighted by atomic mass is 10.00. The molecule has 1 aliphatic heterocycles. The van der Waals surface area contributed by atoms with Gasteiger partial charge in [-0.15, -0.1) is 11.3 Å². The van der Waals surface area contributed by atoms with Gasteiger partial charge in [-0.1, -0.05) is 30.3 Å². The molecule has 0 saturated heterocycles. The van der Waals surface area contributed by atoms with Crippen molar-refractivity contribution in [1.29, 1.82) is 0 Å². The number of halogens is 2. The molecule has 0 fully saturated rings. The summed E-state index contributed by atoms with van der Waals surface area (Å²) in [6.45, 7) is 0. The summed E-state index contributed by atoms with van der Waals surface area (Å²) in [5.74, 6) is -0.897. The second-order valence-corrected chi connectivity index (χ2v) is 8.94. The number of hydrogen-bond acceptors (Lipinski definition) is 4. The van der Waals surface area contributed by atoms with Gasteiger partial charge in [0.05, 0.1) is 20.2 Å². The van der Waals surface area contributed by atoms with Crippen LogP contribution in [-0.4, -0.2) is 30.9 Å². The first-order chi connectivity index (χ1) is 14.4. The zero-order valence-electron chi connectivity index (χ0n) is 15.7. The van der Waals surface area contributed by atoms with E-state index in [-0.39, 0.29) is 5.56 Å². The topological polar surface area (TPSA) is 73.8 Å². The summed E-state index contributed by atoms with van der Waals surface area (Å²) >= 11 is 4.67. The Morgan fingerprint density at radius 3 is 2.50 bits per heavy atom. The van der Waals surface area contributed by atoms with E-state index in [2.05, 4.69) is 31.6 Å². The first-order valence-corrected chi connectivity index (χ1v) is 10.6. The van der Waals surface area contributed by atoms with E-state index >= 15 is 0 Å². The molecule has 9 heteroatoms. The highest BCUT2D eigenvalue weighted by Crippen LogP contribution is 2.29. The average molecular weight is 487 g/mol. The van der Waals surface area contributed by atoms with E-state index in [4.69, 9.17) is 0 Å². The van der Waals surface area contributed by atoms with Crippen molar-refractivity contribution in [3.63, 3.8) is 0 Å². The van der Waals surface area contributed by atoms with Gasteiger partial charge in [0, 0.05) is 18.2 Å². The minimum absolute atomic E-state index is 0.252. The van der Waals surface area contributed by atoms with E-state index in [1.165, 1.54) is 22.3 Å². The van der Waals surface area contributed by atoms with Crippen LogP contribution in [0, 0.1) is 5.82 Å². The highest BCUT2D eigenvalue weighted by atomic mass is 79.9. The number of nitrogens with one attached hydrogen (secondary N) is 2. The first-order valence-electron chi connectivity index (χ1n) is 8.96. The van der Waals surface area contributed by atoms with Crippen molar-refractivity contribution < 1.29 is 14.0 Å². The molecule has 0 aliphatic carbocycles. The number of amides is 3. The predicted molar refractivity (Wildman–Crippen MR) is 120 cm³/mol. The molecule has 2 N–H and O–H groups in total. The number of fused-ring (bicyclic) bond motifs is 1. The molecular weight excluding hydrogens is 471 g/mol. The summed E-state index contributed by atoms with van der Waals surface area (Å²) < 4.78 is 15.5. The molecule has 0 saturated carbocycles. The van der Waals surface area contributed by atoms with Crippen LogP contribution in [0.15, 0.2) is 69.4 Å². The Kier molecular flexibility index (Phi) is 5.65. The number of aliphatic imine (C=N–C) groups is 1. The maximum atomic E-state index is 14.6. The molecule has 2 heterocycles. The molecule has 6 nitrogen and oxygen atoms in total. The molecule has 2 aromatic carbocycles. The van der Waals surface area contributed by atoms with Crippen molar-refractivity contribution in [3.05, 3.63) is 81.4 Å². The normalized spacial score (nSPS) is 15.8. The zero-order valence-corrected chi connectivity index (χ0v) is 18.1. The molecule has 4 rings (SSSR count). The van der Waals surface area contributed by atoms with Gasteiger partial charge in [-0.25, -0.2) is 14.2 Å². The lowest BCUT2D eigenvalue weighted by molar-refractivity contribution is -0.119. The molecule has 1 aliphatic rings. The summed E-state index contributed by atoms with van der Waals surface area (Å²) in [7, 11) is 1.60. The number of urea groups is 1. The largest absolute Gasteiger partial charge is 0.321 e. The molecule has 1 aromatic heterocycles. The number of likely N-dealkylation sites (N-methyl/N-ethyl adjacent to an activating group) is 1. The number of para-hydroxylation sites is 1. The van der Waals surface area contributed by atoms with Gasteiger partial charge in [0.25, 0.3) is 5.91 Å². The van der Waals surface area contributed by atoms with Crippen molar-refractivity contribution in [3.8, 4) is 0 Å². The van der Waals surface area contributed by atoms with Crippen LogP contribution in [0.3, 0.4) is 0 Å². The van der Waals surface area contributed by atoms with E-state index in [9.17, 15) is 14.0 Å². The molecule has 0 spiro atoms. The first kappa shape index (κ1) is 20.2. The Labute approximate surface area is 184 Å². The highest BCUT2D eigenvalue weighted by Gasteiger charge is 2.31. The molecule has 30 heavy (non-hydrogen) atoms. The van der Waals surface area contributed by atoms with E-state index < -0.39 is 23.9 Å². The Morgan fingerprint density at radius 1 is 1.10 bits per heavy atom. The zero-order chi connectivity index (χ0) is 21.3. The molecule has 1 atom stereocenters. The lowest BCUT2D eigenvalue weighted by Crippen LogP contribution is -2.47.